The Morgan fingerprint density at radius 1 is 1.40 bits per heavy atom. The van der Waals surface area contributed by atoms with Gasteiger partial charge in [-0.3, -0.25) is 4.79 Å². The second kappa shape index (κ2) is 6.14. The zero-order chi connectivity index (χ0) is 17.4. The molecule has 1 atom stereocenters. The maximum absolute atomic E-state index is 12.8. The highest BCUT2D eigenvalue weighted by Gasteiger charge is 2.39. The molecule has 0 spiro atoms. The Morgan fingerprint density at radius 2 is 2.16 bits per heavy atom. The highest BCUT2D eigenvalue weighted by molar-refractivity contribution is 6.04. The summed E-state index contributed by atoms with van der Waals surface area (Å²) < 4.78 is 0. The van der Waals surface area contributed by atoms with Crippen LogP contribution in [0.15, 0.2) is 12.4 Å². The van der Waals surface area contributed by atoms with E-state index in [9.17, 15) is 10.1 Å². The number of nitriles is 1. The van der Waals surface area contributed by atoms with Gasteiger partial charge in [0.1, 0.15) is 5.52 Å². The average molecular weight is 337 g/mol. The van der Waals surface area contributed by atoms with Gasteiger partial charge in [0.25, 0.3) is 5.91 Å². The molecule has 1 amide bonds. The number of aromatic amines is 1. The van der Waals surface area contributed by atoms with E-state index >= 15 is 0 Å². The summed E-state index contributed by atoms with van der Waals surface area (Å²) in [5.41, 5.74) is 2.29. The number of nitrogens with zero attached hydrogens (tertiary/aromatic N) is 3. The number of amides is 1. The van der Waals surface area contributed by atoms with Gasteiger partial charge in [0.05, 0.1) is 28.9 Å². The molecule has 4 rings (SSSR count). The fourth-order valence-electron chi connectivity index (χ4n) is 3.89. The third-order valence-electron chi connectivity index (χ3n) is 5.78. The van der Waals surface area contributed by atoms with Crippen molar-refractivity contribution in [1.29, 1.82) is 5.26 Å². The van der Waals surface area contributed by atoms with Crippen LogP contribution >= 0.6 is 0 Å². The van der Waals surface area contributed by atoms with Crippen LogP contribution in [0.1, 0.15) is 73.8 Å². The number of nitrogens with one attached hydrogen (secondary N) is 2. The summed E-state index contributed by atoms with van der Waals surface area (Å²) in [6, 6.07) is 2.30. The van der Waals surface area contributed by atoms with Crippen molar-refractivity contribution in [2.24, 2.45) is 5.41 Å². The first kappa shape index (κ1) is 16.1. The molecule has 2 fully saturated rings. The zero-order valence-electron chi connectivity index (χ0n) is 14.5. The molecule has 130 valence electrons. The molecule has 6 heteroatoms. The van der Waals surface area contributed by atoms with E-state index in [1.165, 1.54) is 6.42 Å². The summed E-state index contributed by atoms with van der Waals surface area (Å²) in [7, 11) is 0. The number of fused-ring (bicyclic) bond motifs is 1. The topological polar surface area (TPSA) is 94.5 Å². The van der Waals surface area contributed by atoms with Crippen molar-refractivity contribution in [1.82, 2.24) is 20.3 Å². The first-order valence-electron chi connectivity index (χ1n) is 9.19. The number of carbonyl (C=O) groups excluding carboxylic acids is 1. The molecule has 2 N–H and O–H groups in total. The van der Waals surface area contributed by atoms with Crippen molar-refractivity contribution in [3.05, 3.63) is 23.7 Å². The third-order valence-corrected chi connectivity index (χ3v) is 5.78. The molecule has 25 heavy (non-hydrogen) atoms. The molecule has 0 aromatic carbocycles. The lowest BCUT2D eigenvalue weighted by Crippen LogP contribution is -2.46. The van der Waals surface area contributed by atoms with Gasteiger partial charge in [-0.25, -0.2) is 9.97 Å². The molecule has 2 aliphatic rings. The van der Waals surface area contributed by atoms with Crippen molar-refractivity contribution >= 4 is 17.1 Å². The van der Waals surface area contributed by atoms with E-state index in [0.29, 0.717) is 22.6 Å². The SMILES string of the molecule is C[C@H](NC(=O)c1c[nH]c2ncc(C3CC3)nc12)C1(C#N)CCCCC1. The first-order chi connectivity index (χ1) is 12.1. The molecule has 0 bridgehead atoms. The molecule has 2 aliphatic carbocycles. The first-order valence-corrected chi connectivity index (χ1v) is 9.19. The fraction of sp³-hybridized carbons (Fsp3) is 0.579. The molecular formula is C19H23N5O. The van der Waals surface area contributed by atoms with Crippen LogP contribution in [0, 0.1) is 16.7 Å². The Bertz CT molecular complexity index is 839. The van der Waals surface area contributed by atoms with Crippen molar-refractivity contribution < 1.29 is 4.79 Å². The van der Waals surface area contributed by atoms with Crippen LogP contribution in [0.5, 0.6) is 0 Å². The molecule has 0 unspecified atom stereocenters. The smallest absolute Gasteiger partial charge is 0.255 e. The van der Waals surface area contributed by atoms with E-state index < -0.39 is 5.41 Å². The van der Waals surface area contributed by atoms with E-state index in [2.05, 4.69) is 26.3 Å². The fourth-order valence-corrected chi connectivity index (χ4v) is 3.89. The number of rotatable bonds is 4. The molecule has 6 nitrogen and oxygen atoms in total. The van der Waals surface area contributed by atoms with Crippen LogP contribution in [0.3, 0.4) is 0 Å². The van der Waals surface area contributed by atoms with Crippen molar-refractivity contribution in [3.8, 4) is 6.07 Å². The molecular weight excluding hydrogens is 314 g/mol. The summed E-state index contributed by atoms with van der Waals surface area (Å²) in [4.78, 5) is 24.9. The largest absolute Gasteiger partial charge is 0.348 e. The monoisotopic (exact) mass is 337 g/mol. The van der Waals surface area contributed by atoms with Gasteiger partial charge in [-0.15, -0.1) is 0 Å². The molecule has 2 saturated carbocycles. The summed E-state index contributed by atoms with van der Waals surface area (Å²) in [6.07, 6.45) is 10.7. The molecule has 2 heterocycles. The molecule has 2 aromatic rings. The third kappa shape index (κ3) is 2.88. The Hall–Kier alpha value is -2.42. The maximum Gasteiger partial charge on any atom is 0.255 e. The number of carbonyl (C=O) groups is 1. The van der Waals surface area contributed by atoms with Gasteiger partial charge in [-0.05, 0) is 32.6 Å². The van der Waals surface area contributed by atoms with Crippen molar-refractivity contribution in [2.45, 2.75) is 63.8 Å². The predicted octanol–water partition coefficient (Wildman–Crippen LogP) is 3.43. The second-order valence-corrected chi connectivity index (χ2v) is 7.49. The Labute approximate surface area is 147 Å². The maximum atomic E-state index is 12.8. The molecule has 0 saturated heterocycles. The normalized spacial score (nSPS) is 20.8. The van der Waals surface area contributed by atoms with Gasteiger partial charge >= 0.3 is 0 Å². The van der Waals surface area contributed by atoms with Crippen molar-refractivity contribution in [2.75, 3.05) is 0 Å². The standard InChI is InChI=1S/C19H23N5O/c1-12(19(11-20)7-3-2-4-8-19)23-18(25)14-9-21-17-16(14)24-15(10-22-17)13-5-6-13/h9-10,12-13H,2-8H2,1H3,(H,21,22)(H,23,25)/t12-/m0/s1. The van der Waals surface area contributed by atoms with Crippen LogP contribution < -0.4 is 5.32 Å². The number of aromatic nitrogens is 3. The van der Waals surface area contributed by atoms with E-state index in [1.54, 1.807) is 12.4 Å². The molecule has 0 radical (unpaired) electrons. The van der Waals surface area contributed by atoms with E-state index in [1.807, 2.05) is 6.92 Å². The van der Waals surface area contributed by atoms with Gasteiger partial charge < -0.3 is 10.3 Å². The molecule has 0 aliphatic heterocycles. The lowest BCUT2D eigenvalue weighted by atomic mass is 9.70. The lowest BCUT2D eigenvalue weighted by Gasteiger charge is -2.36. The van der Waals surface area contributed by atoms with Gasteiger partial charge in [0.2, 0.25) is 0 Å². The highest BCUT2D eigenvalue weighted by Crippen LogP contribution is 2.40. The Morgan fingerprint density at radius 3 is 2.84 bits per heavy atom. The van der Waals surface area contributed by atoms with Crippen LogP contribution in [0.4, 0.5) is 0 Å². The lowest BCUT2D eigenvalue weighted by molar-refractivity contribution is 0.0893. The Kier molecular flexibility index (Phi) is 3.95. The van der Waals surface area contributed by atoms with E-state index in [-0.39, 0.29) is 11.9 Å². The van der Waals surface area contributed by atoms with Crippen molar-refractivity contribution in [3.63, 3.8) is 0 Å². The zero-order valence-corrected chi connectivity index (χ0v) is 14.5. The summed E-state index contributed by atoms with van der Waals surface area (Å²) in [6.45, 7) is 1.95. The van der Waals surface area contributed by atoms with Gasteiger partial charge in [-0.2, -0.15) is 5.26 Å². The predicted molar refractivity (Wildman–Crippen MR) is 93.9 cm³/mol. The average Bonchev–Trinajstić information content (AvgIpc) is 3.41. The summed E-state index contributed by atoms with van der Waals surface area (Å²) in [5.74, 6) is 0.312. The Balaban J connectivity index is 1.57. The van der Waals surface area contributed by atoms with Gasteiger partial charge in [0, 0.05) is 18.2 Å². The van der Waals surface area contributed by atoms with Crippen LogP contribution in [0.25, 0.3) is 11.2 Å². The quantitative estimate of drug-likeness (QED) is 0.893. The van der Waals surface area contributed by atoms with Gasteiger partial charge in [0.15, 0.2) is 5.65 Å². The van der Waals surface area contributed by atoms with E-state index in [0.717, 1.165) is 44.2 Å². The minimum atomic E-state index is -0.453. The minimum absolute atomic E-state index is 0.179. The summed E-state index contributed by atoms with van der Waals surface area (Å²) >= 11 is 0. The van der Waals surface area contributed by atoms with Crippen LogP contribution in [0.2, 0.25) is 0 Å². The number of H-pyrrole nitrogens is 1. The molecule has 2 aromatic heterocycles. The number of hydrogen-bond acceptors (Lipinski definition) is 4. The minimum Gasteiger partial charge on any atom is -0.348 e. The second-order valence-electron chi connectivity index (χ2n) is 7.49. The number of hydrogen-bond donors (Lipinski definition) is 2. The van der Waals surface area contributed by atoms with Gasteiger partial charge in [-0.1, -0.05) is 19.3 Å². The summed E-state index contributed by atoms with van der Waals surface area (Å²) in [5, 5.41) is 12.8. The van der Waals surface area contributed by atoms with Crippen LogP contribution in [-0.4, -0.2) is 26.9 Å². The highest BCUT2D eigenvalue weighted by atomic mass is 16.1. The van der Waals surface area contributed by atoms with E-state index in [4.69, 9.17) is 0 Å². The van der Waals surface area contributed by atoms with Crippen LogP contribution in [-0.2, 0) is 0 Å².